The molecule has 0 amide bonds. The maximum absolute atomic E-state index is 5.51. The van der Waals surface area contributed by atoms with Gasteiger partial charge in [0.15, 0.2) is 11.6 Å². The highest BCUT2D eigenvalue weighted by Gasteiger charge is 2.32. The first-order chi connectivity index (χ1) is 12.7. The molecule has 3 heterocycles. The molecule has 144 valence electrons. The van der Waals surface area contributed by atoms with E-state index < -0.39 is 0 Å². The van der Waals surface area contributed by atoms with Gasteiger partial charge in [-0.2, -0.15) is 0 Å². The summed E-state index contributed by atoms with van der Waals surface area (Å²) < 4.78 is 6.89. The lowest BCUT2D eigenvalue weighted by Crippen LogP contribution is -2.59. The van der Waals surface area contributed by atoms with Crippen LogP contribution in [0.5, 0.6) is 5.75 Å². The van der Waals surface area contributed by atoms with Crippen LogP contribution in [0.4, 0.5) is 5.82 Å². The molecule has 0 radical (unpaired) electrons. The minimum atomic E-state index is 0. The number of rotatable bonds is 5. The summed E-state index contributed by atoms with van der Waals surface area (Å²) in [5.41, 5.74) is 1.52. The Balaban J connectivity index is 0.00000210. The van der Waals surface area contributed by atoms with Crippen molar-refractivity contribution in [2.45, 2.75) is 25.3 Å². The number of hydrogen-bond donors (Lipinski definition) is 1. The lowest BCUT2D eigenvalue weighted by molar-refractivity contribution is 0.301. The molecule has 6 heteroatoms. The number of nitrogens with one attached hydrogen (secondary N) is 1. The summed E-state index contributed by atoms with van der Waals surface area (Å²) in [6.07, 6.45) is 4.02. The predicted molar refractivity (Wildman–Crippen MR) is 117 cm³/mol. The zero-order chi connectivity index (χ0) is 18.0. The number of piperazine rings is 1. The highest BCUT2D eigenvalue weighted by molar-refractivity contribution is 7.17. The van der Waals surface area contributed by atoms with Crippen molar-refractivity contribution in [2.75, 3.05) is 31.6 Å². The lowest BCUT2D eigenvalue weighted by Gasteiger charge is -2.42. The Hall–Kier alpha value is -1.82. The molecular formula is C21H26ClN3OS. The number of aromatic nitrogens is 1. The Bertz CT molecular complexity index is 900. The highest BCUT2D eigenvalue weighted by Crippen LogP contribution is 2.31. The molecule has 1 N–H and O–H groups in total. The summed E-state index contributed by atoms with van der Waals surface area (Å²) >= 11 is 1.84. The fourth-order valence-electron chi connectivity index (χ4n) is 3.81. The van der Waals surface area contributed by atoms with Crippen LogP contribution in [0.1, 0.15) is 18.9 Å². The van der Waals surface area contributed by atoms with Gasteiger partial charge in [0.2, 0.25) is 0 Å². The molecule has 1 aliphatic heterocycles. The molecule has 1 fully saturated rings. The topological polar surface area (TPSA) is 37.4 Å². The number of ether oxygens (including phenoxy) is 1. The predicted octanol–water partition coefficient (Wildman–Crippen LogP) is 4.53. The third kappa shape index (κ3) is 4.21. The van der Waals surface area contributed by atoms with E-state index in [4.69, 9.17) is 4.74 Å². The molecule has 0 saturated carbocycles. The molecule has 1 unspecified atom stereocenters. The number of anilines is 1. The first-order valence-corrected chi connectivity index (χ1v) is 10.0. The van der Waals surface area contributed by atoms with Crippen LogP contribution in [0, 0.1) is 0 Å². The van der Waals surface area contributed by atoms with Gasteiger partial charge in [0, 0.05) is 36.1 Å². The van der Waals surface area contributed by atoms with E-state index in [9.17, 15) is 0 Å². The number of hydrogen-bond acceptors (Lipinski definition) is 5. The van der Waals surface area contributed by atoms with E-state index in [2.05, 4.69) is 51.8 Å². The van der Waals surface area contributed by atoms with Crippen molar-refractivity contribution in [2.24, 2.45) is 0 Å². The zero-order valence-corrected chi connectivity index (χ0v) is 17.4. The molecule has 0 spiro atoms. The number of aryl methyl sites for hydroxylation is 1. The second-order valence-electron chi connectivity index (χ2n) is 7.20. The van der Waals surface area contributed by atoms with Crippen molar-refractivity contribution in [3.63, 3.8) is 0 Å². The van der Waals surface area contributed by atoms with Crippen LogP contribution >= 0.6 is 23.7 Å². The zero-order valence-electron chi connectivity index (χ0n) is 15.8. The summed E-state index contributed by atoms with van der Waals surface area (Å²) in [6.45, 7) is 5.16. The van der Waals surface area contributed by atoms with E-state index in [1.807, 2.05) is 29.7 Å². The number of fused-ring (bicyclic) bond motifs is 1. The van der Waals surface area contributed by atoms with Crippen molar-refractivity contribution in [1.29, 1.82) is 0 Å². The van der Waals surface area contributed by atoms with E-state index in [1.54, 1.807) is 7.11 Å². The van der Waals surface area contributed by atoms with Gasteiger partial charge in [0.25, 0.3) is 0 Å². The van der Waals surface area contributed by atoms with Gasteiger partial charge in [0.1, 0.15) is 0 Å². The normalized spacial score (nSPS) is 19.7. The standard InChI is InChI=1S/C21H25N3OS.ClH/c1-21(10-9-16-14-26-19-8-4-3-6-17(16)19)15-24(13-12-23-21)20-18(25-2)7-5-11-22-20;/h3-8,11,14,23H,9-10,12-13,15H2,1-2H3;1H. The van der Waals surface area contributed by atoms with E-state index in [0.717, 1.165) is 44.0 Å². The molecule has 1 aromatic carbocycles. The molecule has 4 rings (SSSR count). The molecule has 1 saturated heterocycles. The molecule has 0 aliphatic carbocycles. The first kappa shape index (κ1) is 19.9. The van der Waals surface area contributed by atoms with Gasteiger partial charge >= 0.3 is 0 Å². The molecule has 27 heavy (non-hydrogen) atoms. The number of pyridine rings is 1. The molecule has 0 bridgehead atoms. The van der Waals surface area contributed by atoms with Crippen LogP contribution < -0.4 is 15.0 Å². The Morgan fingerprint density at radius 3 is 2.96 bits per heavy atom. The largest absolute Gasteiger partial charge is 0.493 e. The van der Waals surface area contributed by atoms with Crippen molar-refractivity contribution in [3.8, 4) is 5.75 Å². The second kappa shape index (κ2) is 8.46. The van der Waals surface area contributed by atoms with Gasteiger partial charge in [-0.05, 0) is 54.3 Å². The van der Waals surface area contributed by atoms with E-state index in [-0.39, 0.29) is 17.9 Å². The fraction of sp³-hybridized carbons (Fsp3) is 0.381. The van der Waals surface area contributed by atoms with Gasteiger partial charge in [-0.3, -0.25) is 0 Å². The second-order valence-corrected chi connectivity index (χ2v) is 8.11. The van der Waals surface area contributed by atoms with Crippen molar-refractivity contribution < 1.29 is 4.74 Å². The summed E-state index contributed by atoms with van der Waals surface area (Å²) in [4.78, 5) is 6.91. The van der Waals surface area contributed by atoms with Crippen molar-refractivity contribution in [3.05, 3.63) is 53.5 Å². The Labute approximate surface area is 171 Å². The third-order valence-electron chi connectivity index (χ3n) is 5.25. The van der Waals surface area contributed by atoms with Crippen LogP contribution in [-0.2, 0) is 6.42 Å². The highest BCUT2D eigenvalue weighted by atomic mass is 35.5. The minimum absolute atomic E-state index is 0. The molecule has 3 aromatic rings. The van der Waals surface area contributed by atoms with Gasteiger partial charge in [-0.15, -0.1) is 23.7 Å². The lowest BCUT2D eigenvalue weighted by atomic mass is 9.90. The summed E-state index contributed by atoms with van der Waals surface area (Å²) in [5, 5.41) is 7.46. The molecule has 1 aliphatic rings. The van der Waals surface area contributed by atoms with Crippen LogP contribution in [0.15, 0.2) is 48.0 Å². The van der Waals surface area contributed by atoms with Crippen LogP contribution in [0.25, 0.3) is 10.1 Å². The average molecular weight is 404 g/mol. The number of thiophene rings is 1. The first-order valence-electron chi connectivity index (χ1n) is 9.13. The maximum Gasteiger partial charge on any atom is 0.171 e. The van der Waals surface area contributed by atoms with Gasteiger partial charge in [0.05, 0.1) is 7.11 Å². The quantitative estimate of drug-likeness (QED) is 0.679. The Kier molecular flexibility index (Phi) is 6.25. The minimum Gasteiger partial charge on any atom is -0.493 e. The van der Waals surface area contributed by atoms with Crippen LogP contribution in [0.3, 0.4) is 0 Å². The third-order valence-corrected chi connectivity index (χ3v) is 6.26. The number of benzene rings is 1. The fourth-order valence-corrected chi connectivity index (χ4v) is 4.81. The number of methoxy groups -OCH3 is 1. The van der Waals surface area contributed by atoms with Gasteiger partial charge in [-0.25, -0.2) is 4.98 Å². The molecule has 1 atom stereocenters. The van der Waals surface area contributed by atoms with Crippen LogP contribution in [0.2, 0.25) is 0 Å². The smallest absolute Gasteiger partial charge is 0.171 e. The Morgan fingerprint density at radius 2 is 2.11 bits per heavy atom. The van der Waals surface area contributed by atoms with E-state index in [1.165, 1.54) is 15.6 Å². The monoisotopic (exact) mass is 403 g/mol. The number of nitrogens with zero attached hydrogens (tertiary/aromatic N) is 2. The maximum atomic E-state index is 5.51. The van der Waals surface area contributed by atoms with E-state index >= 15 is 0 Å². The van der Waals surface area contributed by atoms with Crippen molar-refractivity contribution in [1.82, 2.24) is 10.3 Å². The number of halogens is 1. The van der Waals surface area contributed by atoms with Gasteiger partial charge < -0.3 is 15.0 Å². The summed E-state index contributed by atoms with van der Waals surface area (Å²) in [6, 6.07) is 12.6. The Morgan fingerprint density at radius 1 is 1.26 bits per heavy atom. The van der Waals surface area contributed by atoms with Crippen molar-refractivity contribution >= 4 is 39.6 Å². The van der Waals surface area contributed by atoms with Gasteiger partial charge in [-0.1, -0.05) is 18.2 Å². The molecule has 4 nitrogen and oxygen atoms in total. The van der Waals surface area contributed by atoms with Crippen LogP contribution in [-0.4, -0.2) is 37.3 Å². The van der Waals surface area contributed by atoms with E-state index in [0.29, 0.717) is 0 Å². The summed E-state index contributed by atoms with van der Waals surface area (Å²) in [5.74, 6) is 1.80. The average Bonchev–Trinajstić information content (AvgIpc) is 3.10. The SMILES string of the molecule is COc1cccnc1N1CCNC(C)(CCc2csc3ccccc23)C1.Cl. The molecular weight excluding hydrogens is 378 g/mol. The summed E-state index contributed by atoms with van der Waals surface area (Å²) in [7, 11) is 1.71. The molecule has 2 aromatic heterocycles.